The Bertz CT molecular complexity index is 479. The van der Waals surface area contributed by atoms with Gasteiger partial charge in [0.25, 0.3) is 0 Å². The Morgan fingerprint density at radius 3 is 2.94 bits per heavy atom. The lowest BCUT2D eigenvalue weighted by Gasteiger charge is -2.02. The van der Waals surface area contributed by atoms with E-state index in [0.29, 0.717) is 0 Å². The molecule has 2 rings (SSSR count). The van der Waals surface area contributed by atoms with Crippen molar-refractivity contribution in [3.63, 3.8) is 0 Å². The lowest BCUT2D eigenvalue weighted by Crippen LogP contribution is -1.99. The second-order valence-electron chi connectivity index (χ2n) is 3.72. The summed E-state index contributed by atoms with van der Waals surface area (Å²) in [4.78, 5) is 0. The molecule has 0 N–H and O–H groups in total. The topological polar surface area (TPSA) is 17.8 Å². The summed E-state index contributed by atoms with van der Waals surface area (Å²) in [6, 6.07) is 8.20. The minimum Gasteiger partial charge on any atom is -0.268 e. The molecule has 0 spiro atoms. The number of halogens is 2. The molecule has 0 aliphatic carbocycles. The zero-order chi connectivity index (χ0) is 11.5. The smallest absolute Gasteiger partial charge is 0.0659 e. The van der Waals surface area contributed by atoms with Gasteiger partial charge in [-0.25, -0.2) is 0 Å². The van der Waals surface area contributed by atoms with Crippen LogP contribution in [0.25, 0.3) is 0 Å². The molecular weight excluding hydrogens is 288 g/mol. The highest BCUT2D eigenvalue weighted by atomic mass is 79.9. The summed E-state index contributed by atoms with van der Waals surface area (Å²) in [6.07, 6.45) is 3.80. The van der Waals surface area contributed by atoms with Crippen molar-refractivity contribution < 1.29 is 0 Å². The van der Waals surface area contributed by atoms with E-state index in [2.05, 4.69) is 33.2 Å². The van der Waals surface area contributed by atoms with Crippen LogP contribution in [0.2, 0.25) is 0 Å². The Morgan fingerprint density at radius 2 is 2.31 bits per heavy atom. The third-order valence-corrected chi connectivity index (χ3v) is 3.09. The van der Waals surface area contributed by atoms with E-state index in [1.54, 1.807) is 0 Å². The minimum absolute atomic E-state index is 0.0104. The van der Waals surface area contributed by atoms with Gasteiger partial charge in [0.15, 0.2) is 0 Å². The highest BCUT2D eigenvalue weighted by molar-refractivity contribution is 9.10. The normalized spacial score (nSPS) is 12.7. The Kier molecular flexibility index (Phi) is 3.66. The Labute approximate surface area is 108 Å². The fourth-order valence-electron chi connectivity index (χ4n) is 1.49. The predicted octanol–water partition coefficient (Wildman–Crippen LogP) is 3.99. The number of hydrogen-bond donors (Lipinski definition) is 0. The van der Waals surface area contributed by atoms with Crippen LogP contribution in [0.15, 0.2) is 41.1 Å². The fraction of sp³-hybridized carbons (Fsp3) is 0.250. The first-order valence-corrected chi connectivity index (χ1v) is 6.29. The van der Waals surface area contributed by atoms with Gasteiger partial charge in [-0.05, 0) is 24.6 Å². The van der Waals surface area contributed by atoms with Gasteiger partial charge in [0.05, 0.1) is 18.1 Å². The second kappa shape index (κ2) is 5.02. The molecule has 0 aliphatic heterocycles. The van der Waals surface area contributed by atoms with Crippen molar-refractivity contribution in [1.82, 2.24) is 9.78 Å². The molecule has 1 atom stereocenters. The zero-order valence-corrected chi connectivity index (χ0v) is 11.2. The monoisotopic (exact) mass is 298 g/mol. The van der Waals surface area contributed by atoms with Gasteiger partial charge in [0.2, 0.25) is 0 Å². The minimum atomic E-state index is 0.0104. The molecule has 0 saturated heterocycles. The van der Waals surface area contributed by atoms with Gasteiger partial charge < -0.3 is 0 Å². The molecule has 1 unspecified atom stereocenters. The maximum atomic E-state index is 5.98. The number of hydrogen-bond acceptors (Lipinski definition) is 1. The standard InChI is InChI=1S/C12H12BrClN2/c1-9(14)11-6-15-16(8-11)7-10-3-2-4-12(13)5-10/h2-6,8-9H,7H2,1H3. The summed E-state index contributed by atoms with van der Waals surface area (Å²) in [5.74, 6) is 0. The van der Waals surface area contributed by atoms with Gasteiger partial charge in [0, 0.05) is 16.2 Å². The second-order valence-corrected chi connectivity index (χ2v) is 5.29. The number of aromatic nitrogens is 2. The molecule has 1 aromatic carbocycles. The summed E-state index contributed by atoms with van der Waals surface area (Å²) in [6.45, 7) is 2.71. The molecule has 1 aromatic heterocycles. The first-order chi connectivity index (χ1) is 7.65. The van der Waals surface area contributed by atoms with Crippen molar-refractivity contribution in [3.8, 4) is 0 Å². The van der Waals surface area contributed by atoms with Crippen molar-refractivity contribution in [1.29, 1.82) is 0 Å². The zero-order valence-electron chi connectivity index (χ0n) is 8.90. The molecule has 0 fully saturated rings. The van der Waals surface area contributed by atoms with Gasteiger partial charge in [-0.2, -0.15) is 5.10 Å². The molecule has 84 valence electrons. The molecule has 1 heterocycles. The molecule has 2 aromatic rings. The SMILES string of the molecule is CC(Cl)c1cnn(Cc2cccc(Br)c2)c1. The lowest BCUT2D eigenvalue weighted by molar-refractivity contribution is 0.686. The molecule has 0 saturated carbocycles. The largest absolute Gasteiger partial charge is 0.268 e. The molecule has 16 heavy (non-hydrogen) atoms. The quantitative estimate of drug-likeness (QED) is 0.784. The van der Waals surface area contributed by atoms with Crippen LogP contribution in [0.5, 0.6) is 0 Å². The Hall–Kier alpha value is -0.800. The molecule has 0 amide bonds. The average molecular weight is 300 g/mol. The summed E-state index contributed by atoms with van der Waals surface area (Å²) in [5.41, 5.74) is 2.27. The average Bonchev–Trinajstić information content (AvgIpc) is 2.66. The van der Waals surface area contributed by atoms with E-state index in [4.69, 9.17) is 11.6 Å². The van der Waals surface area contributed by atoms with E-state index in [1.165, 1.54) is 5.56 Å². The number of alkyl halides is 1. The van der Waals surface area contributed by atoms with Crippen LogP contribution in [-0.2, 0) is 6.54 Å². The summed E-state index contributed by atoms with van der Waals surface area (Å²) >= 11 is 9.44. The molecule has 2 nitrogen and oxygen atoms in total. The van der Waals surface area contributed by atoms with Crippen LogP contribution < -0.4 is 0 Å². The lowest BCUT2D eigenvalue weighted by atomic mass is 10.2. The highest BCUT2D eigenvalue weighted by Crippen LogP contribution is 2.18. The van der Waals surface area contributed by atoms with Crippen LogP contribution in [0.3, 0.4) is 0 Å². The van der Waals surface area contributed by atoms with Gasteiger partial charge in [-0.15, -0.1) is 11.6 Å². The summed E-state index contributed by atoms with van der Waals surface area (Å²) in [7, 11) is 0. The Morgan fingerprint density at radius 1 is 1.50 bits per heavy atom. The van der Waals surface area contributed by atoms with E-state index in [0.717, 1.165) is 16.6 Å². The molecule has 0 bridgehead atoms. The van der Waals surface area contributed by atoms with Crippen LogP contribution in [0, 0.1) is 0 Å². The molecule has 0 aliphatic rings. The third-order valence-electron chi connectivity index (χ3n) is 2.35. The number of rotatable bonds is 3. The highest BCUT2D eigenvalue weighted by Gasteiger charge is 2.04. The first kappa shape index (κ1) is 11.7. The van der Waals surface area contributed by atoms with Gasteiger partial charge in [0.1, 0.15) is 0 Å². The van der Waals surface area contributed by atoms with Crippen molar-refractivity contribution in [2.45, 2.75) is 18.8 Å². The summed E-state index contributed by atoms with van der Waals surface area (Å²) < 4.78 is 2.98. The number of benzene rings is 1. The van der Waals surface area contributed by atoms with E-state index in [9.17, 15) is 0 Å². The van der Waals surface area contributed by atoms with Gasteiger partial charge in [-0.3, -0.25) is 4.68 Å². The van der Waals surface area contributed by atoms with Crippen molar-refractivity contribution in [3.05, 3.63) is 52.3 Å². The van der Waals surface area contributed by atoms with Crippen molar-refractivity contribution in [2.24, 2.45) is 0 Å². The number of nitrogens with zero attached hydrogens (tertiary/aromatic N) is 2. The van der Waals surface area contributed by atoms with Gasteiger partial charge in [-0.1, -0.05) is 28.1 Å². The van der Waals surface area contributed by atoms with E-state index in [-0.39, 0.29) is 5.38 Å². The molecule has 4 heteroatoms. The Balaban J connectivity index is 2.14. The first-order valence-electron chi connectivity index (χ1n) is 5.06. The predicted molar refractivity (Wildman–Crippen MR) is 69.7 cm³/mol. The maximum absolute atomic E-state index is 5.98. The van der Waals surface area contributed by atoms with E-state index >= 15 is 0 Å². The van der Waals surface area contributed by atoms with Crippen LogP contribution in [0.4, 0.5) is 0 Å². The van der Waals surface area contributed by atoms with E-state index < -0.39 is 0 Å². The fourth-order valence-corrected chi connectivity index (χ4v) is 2.05. The van der Waals surface area contributed by atoms with Crippen molar-refractivity contribution in [2.75, 3.05) is 0 Å². The summed E-state index contributed by atoms with van der Waals surface area (Å²) in [5, 5.41) is 4.29. The van der Waals surface area contributed by atoms with Crippen molar-refractivity contribution >= 4 is 27.5 Å². The van der Waals surface area contributed by atoms with Crippen LogP contribution >= 0.6 is 27.5 Å². The molecular formula is C12H12BrClN2. The van der Waals surface area contributed by atoms with Crippen LogP contribution in [0.1, 0.15) is 23.4 Å². The van der Waals surface area contributed by atoms with Gasteiger partial charge >= 0.3 is 0 Å². The third kappa shape index (κ3) is 2.86. The van der Waals surface area contributed by atoms with E-state index in [1.807, 2.05) is 36.1 Å². The maximum Gasteiger partial charge on any atom is 0.0659 e. The molecule has 0 radical (unpaired) electrons. The van der Waals surface area contributed by atoms with Crippen LogP contribution in [-0.4, -0.2) is 9.78 Å².